The molecule has 0 spiro atoms. The number of ether oxygens (including phenoxy) is 2. The van der Waals surface area contributed by atoms with Crippen molar-refractivity contribution in [3.8, 4) is 0 Å². The van der Waals surface area contributed by atoms with Gasteiger partial charge in [-0.05, 0) is 103 Å². The first-order valence-corrected chi connectivity index (χ1v) is 17.6. The zero-order chi connectivity index (χ0) is 34.3. The molecule has 9 nitrogen and oxygen atoms in total. The Bertz CT molecular complexity index is 1070. The lowest BCUT2D eigenvalue weighted by atomic mass is 9.77. The standard InChI is InChI=1S/C37H65N3O6/c1-23(2)29-16-14-28(15-17-29)12-11-13-30-18-19-40(10)22-24(3)21-37(7,44)34(26(5)32(41)27(6)35(43)38-30)46-36-33(42)31(39(8)9)20-25(4)45-36/h14-17,23-27,30-34,36,41-42,44H,11-13,18-22H2,1-10H3,(H,38,43)/t24-,25-,26+,27?,30?,31+,32+,33-,34-,36?,37?/m1/s1. The van der Waals surface area contributed by atoms with Crippen LogP contribution < -0.4 is 5.32 Å². The molecule has 4 N–H and O–H groups in total. The number of aryl methyl sites for hydroxylation is 1. The first kappa shape index (κ1) is 38.9. The Morgan fingerprint density at radius 3 is 2.37 bits per heavy atom. The number of benzene rings is 1. The first-order valence-electron chi connectivity index (χ1n) is 17.6. The van der Waals surface area contributed by atoms with Gasteiger partial charge in [0.05, 0.1) is 29.8 Å². The average molecular weight is 648 g/mol. The summed E-state index contributed by atoms with van der Waals surface area (Å²) in [6.07, 6.45) is 0.598. The van der Waals surface area contributed by atoms with E-state index in [1.807, 2.05) is 32.8 Å². The smallest absolute Gasteiger partial charge is 0.225 e. The lowest BCUT2D eigenvalue weighted by Gasteiger charge is -2.46. The number of aliphatic hydroxyl groups is 3. The molecule has 2 aliphatic heterocycles. The summed E-state index contributed by atoms with van der Waals surface area (Å²) in [6, 6.07) is 8.65. The fourth-order valence-corrected chi connectivity index (χ4v) is 7.55. The van der Waals surface area contributed by atoms with E-state index >= 15 is 0 Å². The second-order valence-electron chi connectivity index (χ2n) is 15.5. The summed E-state index contributed by atoms with van der Waals surface area (Å²) in [4.78, 5) is 17.9. The van der Waals surface area contributed by atoms with Gasteiger partial charge in [-0.2, -0.15) is 0 Å². The molecular weight excluding hydrogens is 582 g/mol. The Balaban J connectivity index is 1.79. The molecule has 2 aliphatic rings. The first-order chi connectivity index (χ1) is 21.5. The summed E-state index contributed by atoms with van der Waals surface area (Å²) < 4.78 is 12.6. The summed E-state index contributed by atoms with van der Waals surface area (Å²) in [5, 5.41) is 38.1. The Morgan fingerprint density at radius 1 is 1.11 bits per heavy atom. The number of aliphatic hydroxyl groups excluding tert-OH is 2. The zero-order valence-electron chi connectivity index (χ0n) is 30.3. The molecule has 0 saturated carbocycles. The molecule has 2 heterocycles. The largest absolute Gasteiger partial charge is 0.392 e. The summed E-state index contributed by atoms with van der Waals surface area (Å²) in [5.74, 6) is -0.919. The highest BCUT2D eigenvalue weighted by atomic mass is 16.7. The lowest BCUT2D eigenvalue weighted by Crippen LogP contribution is -2.59. The topological polar surface area (TPSA) is 115 Å². The molecule has 2 fully saturated rings. The van der Waals surface area contributed by atoms with Crippen molar-refractivity contribution in [2.75, 3.05) is 34.2 Å². The van der Waals surface area contributed by atoms with Gasteiger partial charge in [0, 0.05) is 24.5 Å². The predicted octanol–water partition coefficient (Wildman–Crippen LogP) is 4.17. The molecule has 9 heteroatoms. The number of hydrogen-bond donors (Lipinski definition) is 4. The van der Waals surface area contributed by atoms with Crippen LogP contribution in [0.2, 0.25) is 0 Å². The third-order valence-corrected chi connectivity index (χ3v) is 10.4. The molecule has 2 saturated heterocycles. The average Bonchev–Trinajstić information content (AvgIpc) is 2.97. The molecule has 264 valence electrons. The number of nitrogens with one attached hydrogen (secondary N) is 1. The Kier molecular flexibility index (Phi) is 14.5. The maximum atomic E-state index is 13.6. The molecule has 0 aromatic heterocycles. The molecular formula is C37H65N3O6. The van der Waals surface area contributed by atoms with E-state index in [1.165, 1.54) is 11.1 Å². The van der Waals surface area contributed by atoms with Crippen molar-refractivity contribution in [3.63, 3.8) is 0 Å². The van der Waals surface area contributed by atoms with Crippen LogP contribution in [0.25, 0.3) is 0 Å². The molecule has 46 heavy (non-hydrogen) atoms. The van der Waals surface area contributed by atoms with Crippen LogP contribution in [0.5, 0.6) is 0 Å². The van der Waals surface area contributed by atoms with Gasteiger partial charge in [-0.15, -0.1) is 0 Å². The Labute approximate surface area is 279 Å². The fourth-order valence-electron chi connectivity index (χ4n) is 7.55. The van der Waals surface area contributed by atoms with E-state index in [1.54, 1.807) is 13.8 Å². The van der Waals surface area contributed by atoms with Crippen molar-refractivity contribution in [3.05, 3.63) is 35.4 Å². The minimum absolute atomic E-state index is 0.0153. The molecule has 3 rings (SSSR count). The third-order valence-electron chi connectivity index (χ3n) is 10.4. The SMILES string of the molecule is CC(C)c1ccc(CCCC2CCN(C)C[C@H](C)CC(C)(O)[C@H](OC3O[C@H](C)C[C@H](N(C)C)[C@H]3O)[C@@H](C)[C@H](O)C(C)C(=O)N2)cc1. The van der Waals surface area contributed by atoms with Crippen molar-refractivity contribution in [1.29, 1.82) is 0 Å². The van der Waals surface area contributed by atoms with Gasteiger partial charge in [0.15, 0.2) is 6.29 Å². The van der Waals surface area contributed by atoms with Crippen LogP contribution in [0.4, 0.5) is 0 Å². The van der Waals surface area contributed by atoms with Crippen LogP contribution in [0.1, 0.15) is 97.6 Å². The quantitative estimate of drug-likeness (QED) is 0.333. The Hall–Kier alpha value is -1.59. The van der Waals surface area contributed by atoms with Crippen LogP contribution in [0, 0.1) is 17.8 Å². The molecule has 0 radical (unpaired) electrons. The van der Waals surface area contributed by atoms with Crippen molar-refractivity contribution >= 4 is 5.91 Å². The monoisotopic (exact) mass is 647 g/mol. The number of carbonyl (C=O) groups is 1. The highest BCUT2D eigenvalue weighted by molar-refractivity contribution is 5.79. The van der Waals surface area contributed by atoms with Crippen LogP contribution in [0.3, 0.4) is 0 Å². The molecule has 0 aliphatic carbocycles. The van der Waals surface area contributed by atoms with Crippen LogP contribution in [-0.2, 0) is 20.7 Å². The van der Waals surface area contributed by atoms with E-state index in [9.17, 15) is 20.1 Å². The van der Waals surface area contributed by atoms with Gasteiger partial charge in [-0.25, -0.2) is 0 Å². The highest BCUT2D eigenvalue weighted by Crippen LogP contribution is 2.35. The minimum atomic E-state index is -1.35. The van der Waals surface area contributed by atoms with Crippen LogP contribution in [0.15, 0.2) is 24.3 Å². The predicted molar refractivity (Wildman–Crippen MR) is 184 cm³/mol. The van der Waals surface area contributed by atoms with E-state index in [2.05, 4.69) is 62.3 Å². The lowest BCUT2D eigenvalue weighted by molar-refractivity contribution is -0.299. The molecule has 1 aromatic carbocycles. The van der Waals surface area contributed by atoms with Gasteiger partial charge in [0.25, 0.3) is 0 Å². The van der Waals surface area contributed by atoms with E-state index in [0.717, 1.165) is 38.8 Å². The van der Waals surface area contributed by atoms with Crippen molar-refractivity contribution in [2.24, 2.45) is 17.8 Å². The van der Waals surface area contributed by atoms with Gasteiger partial charge in [-0.1, -0.05) is 58.9 Å². The fraction of sp³-hybridized carbons (Fsp3) is 0.811. The maximum absolute atomic E-state index is 13.6. The van der Waals surface area contributed by atoms with Gasteiger partial charge in [-0.3, -0.25) is 4.79 Å². The van der Waals surface area contributed by atoms with Crippen molar-refractivity contribution in [2.45, 2.75) is 141 Å². The van der Waals surface area contributed by atoms with Gasteiger partial charge in [0.1, 0.15) is 6.10 Å². The van der Waals surface area contributed by atoms with E-state index in [-0.39, 0.29) is 30.0 Å². The third kappa shape index (κ3) is 10.7. The summed E-state index contributed by atoms with van der Waals surface area (Å²) in [6.45, 7) is 15.3. The van der Waals surface area contributed by atoms with Gasteiger partial charge >= 0.3 is 0 Å². The Morgan fingerprint density at radius 2 is 1.76 bits per heavy atom. The highest BCUT2D eigenvalue weighted by Gasteiger charge is 2.47. The molecule has 4 unspecified atom stereocenters. The molecule has 1 amide bonds. The normalized spacial score (nSPS) is 37.7. The maximum Gasteiger partial charge on any atom is 0.225 e. The molecule has 11 atom stereocenters. The van der Waals surface area contributed by atoms with Crippen LogP contribution in [-0.4, -0.2) is 114 Å². The van der Waals surface area contributed by atoms with E-state index in [0.29, 0.717) is 18.8 Å². The minimum Gasteiger partial charge on any atom is -0.392 e. The summed E-state index contributed by atoms with van der Waals surface area (Å²) in [5.41, 5.74) is 1.29. The van der Waals surface area contributed by atoms with Crippen molar-refractivity contribution < 1.29 is 29.6 Å². The van der Waals surface area contributed by atoms with E-state index < -0.39 is 42.0 Å². The number of likely N-dealkylation sites (N-methyl/N-ethyl adjacent to an activating group) is 1. The summed E-state index contributed by atoms with van der Waals surface area (Å²) in [7, 11) is 5.93. The second kappa shape index (κ2) is 17.2. The zero-order valence-corrected chi connectivity index (χ0v) is 30.3. The van der Waals surface area contributed by atoms with E-state index in [4.69, 9.17) is 9.47 Å². The second-order valence-corrected chi connectivity index (χ2v) is 15.5. The van der Waals surface area contributed by atoms with Crippen LogP contribution >= 0.6 is 0 Å². The number of hydrogen-bond acceptors (Lipinski definition) is 8. The number of nitrogens with zero attached hydrogens (tertiary/aromatic N) is 2. The number of carbonyl (C=O) groups excluding carboxylic acids is 1. The van der Waals surface area contributed by atoms with Crippen molar-refractivity contribution in [1.82, 2.24) is 15.1 Å². The molecule has 0 bridgehead atoms. The van der Waals surface area contributed by atoms with Gasteiger partial charge < -0.3 is 39.9 Å². The molecule has 1 aromatic rings. The number of amides is 1. The number of rotatable bonds is 8. The van der Waals surface area contributed by atoms with Gasteiger partial charge in [0.2, 0.25) is 5.91 Å². The summed E-state index contributed by atoms with van der Waals surface area (Å²) >= 11 is 0.